The second kappa shape index (κ2) is 11.7. The summed E-state index contributed by atoms with van der Waals surface area (Å²) in [6.45, 7) is 3.75. The van der Waals surface area contributed by atoms with Crippen molar-refractivity contribution in [1.82, 2.24) is 10.2 Å². The summed E-state index contributed by atoms with van der Waals surface area (Å²) < 4.78 is 0. The van der Waals surface area contributed by atoms with Crippen LogP contribution in [-0.2, 0) is 4.79 Å². The predicted octanol–water partition coefficient (Wildman–Crippen LogP) is 2.52. The molecule has 1 heterocycles. The standard InChI is InChI=1S/C16H25N3O.2ClH/c17-10-6-9-16(20)18-15(13-19-11-4-5-12-19)14-7-2-1-3-8-14;;/h1-3,7-8,15H,4-6,9-13,17H2,(H,18,20);2*1H. The van der Waals surface area contributed by atoms with E-state index in [-0.39, 0.29) is 36.8 Å². The maximum absolute atomic E-state index is 12.0. The molecule has 1 aromatic rings. The van der Waals surface area contributed by atoms with Gasteiger partial charge in [0.15, 0.2) is 0 Å². The Kier molecular flexibility index (Phi) is 11.3. The SMILES string of the molecule is Cl.Cl.NCCCC(=O)NC(CN1CCCC1)c1ccccc1. The van der Waals surface area contributed by atoms with Crippen LogP contribution in [0.2, 0.25) is 0 Å². The molecule has 0 spiro atoms. The Bertz CT molecular complexity index is 411. The second-order valence-electron chi connectivity index (χ2n) is 5.43. The number of nitrogens with zero attached hydrogens (tertiary/aromatic N) is 1. The van der Waals surface area contributed by atoms with Crippen LogP contribution in [0.1, 0.15) is 37.3 Å². The lowest BCUT2D eigenvalue weighted by molar-refractivity contribution is -0.122. The first-order valence-electron chi connectivity index (χ1n) is 7.56. The summed E-state index contributed by atoms with van der Waals surface area (Å²) in [6.07, 6.45) is 3.79. The number of likely N-dealkylation sites (tertiary alicyclic amines) is 1. The number of halogens is 2. The van der Waals surface area contributed by atoms with E-state index < -0.39 is 0 Å². The third kappa shape index (κ3) is 6.97. The molecule has 6 heteroatoms. The van der Waals surface area contributed by atoms with Crippen LogP contribution in [-0.4, -0.2) is 37.0 Å². The molecule has 1 fully saturated rings. The maximum Gasteiger partial charge on any atom is 0.220 e. The lowest BCUT2D eigenvalue weighted by Gasteiger charge is -2.25. The van der Waals surface area contributed by atoms with Crippen molar-refractivity contribution in [3.63, 3.8) is 0 Å². The summed E-state index contributed by atoms with van der Waals surface area (Å²) in [5, 5.41) is 3.16. The maximum atomic E-state index is 12.0. The van der Waals surface area contributed by atoms with Gasteiger partial charge in [0.05, 0.1) is 6.04 Å². The molecule has 0 radical (unpaired) electrons. The fraction of sp³-hybridized carbons (Fsp3) is 0.562. The van der Waals surface area contributed by atoms with E-state index in [1.807, 2.05) is 18.2 Å². The second-order valence-corrected chi connectivity index (χ2v) is 5.43. The van der Waals surface area contributed by atoms with E-state index in [0.29, 0.717) is 13.0 Å². The smallest absolute Gasteiger partial charge is 0.220 e. The molecule has 1 unspecified atom stereocenters. The molecular formula is C16H27Cl2N3O. The Morgan fingerprint density at radius 1 is 1.18 bits per heavy atom. The fourth-order valence-electron chi connectivity index (χ4n) is 2.67. The molecule has 1 atom stereocenters. The first kappa shape index (κ1) is 21.2. The van der Waals surface area contributed by atoms with E-state index >= 15 is 0 Å². The summed E-state index contributed by atoms with van der Waals surface area (Å²) in [6, 6.07) is 10.3. The van der Waals surface area contributed by atoms with Crippen molar-refractivity contribution < 1.29 is 4.79 Å². The monoisotopic (exact) mass is 347 g/mol. The number of carbonyl (C=O) groups is 1. The average molecular weight is 348 g/mol. The van der Waals surface area contributed by atoms with Gasteiger partial charge >= 0.3 is 0 Å². The van der Waals surface area contributed by atoms with Gasteiger partial charge in [-0.3, -0.25) is 4.79 Å². The average Bonchev–Trinajstić information content (AvgIpc) is 2.98. The van der Waals surface area contributed by atoms with Gasteiger partial charge in [-0.15, -0.1) is 24.8 Å². The van der Waals surface area contributed by atoms with Crippen molar-refractivity contribution in [2.75, 3.05) is 26.2 Å². The summed E-state index contributed by atoms with van der Waals surface area (Å²) >= 11 is 0. The fourth-order valence-corrected chi connectivity index (χ4v) is 2.67. The number of rotatable bonds is 7. The van der Waals surface area contributed by atoms with Gasteiger partial charge in [0.1, 0.15) is 0 Å². The Morgan fingerprint density at radius 2 is 1.82 bits per heavy atom. The minimum atomic E-state index is 0. The Labute approximate surface area is 145 Å². The molecule has 0 aromatic heterocycles. The van der Waals surface area contributed by atoms with Crippen LogP contribution in [0.25, 0.3) is 0 Å². The van der Waals surface area contributed by atoms with Crippen molar-refractivity contribution in [1.29, 1.82) is 0 Å². The van der Waals surface area contributed by atoms with Crippen molar-refractivity contribution >= 4 is 30.7 Å². The van der Waals surface area contributed by atoms with E-state index in [9.17, 15) is 4.79 Å². The molecule has 126 valence electrons. The van der Waals surface area contributed by atoms with E-state index in [1.54, 1.807) is 0 Å². The molecule has 22 heavy (non-hydrogen) atoms. The van der Waals surface area contributed by atoms with Gasteiger partial charge < -0.3 is 16.0 Å². The van der Waals surface area contributed by atoms with Gasteiger partial charge in [-0.2, -0.15) is 0 Å². The van der Waals surface area contributed by atoms with Crippen LogP contribution in [0.4, 0.5) is 0 Å². The molecule has 1 aliphatic rings. The van der Waals surface area contributed by atoms with E-state index in [1.165, 1.54) is 18.4 Å². The molecule has 0 bridgehead atoms. The van der Waals surface area contributed by atoms with Gasteiger partial charge in [0, 0.05) is 13.0 Å². The third-order valence-electron chi connectivity index (χ3n) is 3.78. The van der Waals surface area contributed by atoms with Gasteiger partial charge in [-0.05, 0) is 44.5 Å². The van der Waals surface area contributed by atoms with Crippen LogP contribution >= 0.6 is 24.8 Å². The van der Waals surface area contributed by atoms with Crippen molar-refractivity contribution in [2.24, 2.45) is 5.73 Å². The number of amides is 1. The molecule has 1 aliphatic heterocycles. The number of hydrogen-bond donors (Lipinski definition) is 2. The van der Waals surface area contributed by atoms with E-state index in [2.05, 4.69) is 22.3 Å². The molecule has 1 amide bonds. The Hall–Kier alpha value is -0.810. The van der Waals surface area contributed by atoms with Crippen LogP contribution in [0.15, 0.2) is 30.3 Å². The lowest BCUT2D eigenvalue weighted by atomic mass is 10.1. The Balaban J connectivity index is 0.00000220. The summed E-state index contributed by atoms with van der Waals surface area (Å²) in [4.78, 5) is 14.4. The quantitative estimate of drug-likeness (QED) is 0.796. The van der Waals surface area contributed by atoms with Crippen LogP contribution in [0.5, 0.6) is 0 Å². The molecule has 2 rings (SSSR count). The third-order valence-corrected chi connectivity index (χ3v) is 3.78. The highest BCUT2D eigenvalue weighted by molar-refractivity contribution is 5.85. The topological polar surface area (TPSA) is 58.4 Å². The number of hydrogen-bond acceptors (Lipinski definition) is 3. The lowest BCUT2D eigenvalue weighted by Crippen LogP contribution is -2.37. The molecule has 0 aliphatic carbocycles. The minimum Gasteiger partial charge on any atom is -0.348 e. The molecule has 0 saturated carbocycles. The zero-order chi connectivity index (χ0) is 14.2. The summed E-state index contributed by atoms with van der Waals surface area (Å²) in [5.74, 6) is 0.100. The van der Waals surface area contributed by atoms with Crippen molar-refractivity contribution in [2.45, 2.75) is 31.7 Å². The van der Waals surface area contributed by atoms with E-state index in [0.717, 1.165) is 26.1 Å². The summed E-state index contributed by atoms with van der Waals surface area (Å²) in [7, 11) is 0. The van der Waals surface area contributed by atoms with Crippen molar-refractivity contribution in [3.05, 3.63) is 35.9 Å². The molecule has 1 saturated heterocycles. The van der Waals surface area contributed by atoms with E-state index in [4.69, 9.17) is 5.73 Å². The first-order chi connectivity index (χ1) is 9.79. The molecular weight excluding hydrogens is 321 g/mol. The number of carbonyl (C=O) groups excluding carboxylic acids is 1. The molecule has 1 aromatic carbocycles. The number of benzene rings is 1. The van der Waals surface area contributed by atoms with Gasteiger partial charge in [-0.25, -0.2) is 0 Å². The summed E-state index contributed by atoms with van der Waals surface area (Å²) in [5.41, 5.74) is 6.64. The molecule has 3 N–H and O–H groups in total. The van der Waals surface area contributed by atoms with Crippen LogP contribution in [0.3, 0.4) is 0 Å². The van der Waals surface area contributed by atoms with Gasteiger partial charge in [0.25, 0.3) is 0 Å². The predicted molar refractivity (Wildman–Crippen MR) is 95.8 cm³/mol. The van der Waals surface area contributed by atoms with Crippen molar-refractivity contribution in [3.8, 4) is 0 Å². The highest BCUT2D eigenvalue weighted by Crippen LogP contribution is 2.17. The Morgan fingerprint density at radius 3 is 2.41 bits per heavy atom. The minimum absolute atomic E-state index is 0. The van der Waals surface area contributed by atoms with Crippen LogP contribution < -0.4 is 11.1 Å². The number of nitrogens with one attached hydrogen (secondary N) is 1. The highest BCUT2D eigenvalue weighted by Gasteiger charge is 2.20. The largest absolute Gasteiger partial charge is 0.348 e. The zero-order valence-corrected chi connectivity index (χ0v) is 14.5. The highest BCUT2D eigenvalue weighted by atomic mass is 35.5. The molecule has 4 nitrogen and oxygen atoms in total. The zero-order valence-electron chi connectivity index (χ0n) is 12.9. The van der Waals surface area contributed by atoms with Crippen LogP contribution in [0, 0.1) is 0 Å². The van der Waals surface area contributed by atoms with Gasteiger partial charge in [0.2, 0.25) is 5.91 Å². The normalized spacial score (nSPS) is 15.5. The van der Waals surface area contributed by atoms with Gasteiger partial charge in [-0.1, -0.05) is 30.3 Å². The number of nitrogens with two attached hydrogens (primary N) is 1. The first-order valence-corrected chi connectivity index (χ1v) is 7.56.